The van der Waals surface area contributed by atoms with E-state index in [9.17, 15) is 19.2 Å². The molecule has 0 aliphatic heterocycles. The van der Waals surface area contributed by atoms with E-state index in [1.54, 1.807) is 5.38 Å². The minimum absolute atomic E-state index is 0.118. The molecule has 0 saturated heterocycles. The third-order valence-electron chi connectivity index (χ3n) is 3.02. The van der Waals surface area contributed by atoms with Gasteiger partial charge in [-0.15, -0.1) is 11.3 Å². The highest BCUT2D eigenvalue weighted by Gasteiger charge is 2.14. The number of hydrazine groups is 1. The number of primary amides is 1. The van der Waals surface area contributed by atoms with Gasteiger partial charge in [0.1, 0.15) is 5.00 Å². The minimum Gasteiger partial charge on any atom is -0.366 e. The molecule has 130 valence electrons. The summed E-state index contributed by atoms with van der Waals surface area (Å²) in [5.74, 6) is -2.11. The van der Waals surface area contributed by atoms with Crippen LogP contribution in [-0.2, 0) is 9.59 Å². The Bertz CT molecular complexity index is 790. The maximum absolute atomic E-state index is 11.8. The molecule has 5 N–H and O–H groups in total. The first-order valence-electron chi connectivity index (χ1n) is 7.13. The van der Waals surface area contributed by atoms with Crippen LogP contribution in [0, 0.1) is 0 Å². The second-order valence-electron chi connectivity index (χ2n) is 4.81. The zero-order chi connectivity index (χ0) is 18.2. The zero-order valence-electron chi connectivity index (χ0n) is 12.9. The van der Waals surface area contributed by atoms with Crippen molar-refractivity contribution in [1.82, 2.24) is 15.8 Å². The Kier molecular flexibility index (Phi) is 6.18. The van der Waals surface area contributed by atoms with Crippen LogP contribution < -0.4 is 21.9 Å². The summed E-state index contributed by atoms with van der Waals surface area (Å²) < 4.78 is 0. The molecule has 9 nitrogen and oxygen atoms in total. The predicted molar refractivity (Wildman–Crippen MR) is 90.5 cm³/mol. The average molecular weight is 361 g/mol. The molecule has 0 aliphatic carbocycles. The molecule has 0 aliphatic rings. The van der Waals surface area contributed by atoms with Crippen molar-refractivity contribution in [3.8, 4) is 0 Å². The van der Waals surface area contributed by atoms with Gasteiger partial charge in [0.05, 0.1) is 5.56 Å². The van der Waals surface area contributed by atoms with Gasteiger partial charge in [-0.05, 0) is 23.6 Å². The van der Waals surface area contributed by atoms with Crippen LogP contribution in [0.2, 0.25) is 0 Å². The van der Waals surface area contributed by atoms with Gasteiger partial charge in [-0.2, -0.15) is 0 Å². The lowest BCUT2D eigenvalue weighted by atomic mass is 10.2. The van der Waals surface area contributed by atoms with Crippen LogP contribution >= 0.6 is 11.3 Å². The molecular formula is C15H15N5O4S. The Balaban J connectivity index is 1.74. The van der Waals surface area contributed by atoms with Crippen LogP contribution in [0.15, 0.2) is 36.0 Å². The summed E-state index contributed by atoms with van der Waals surface area (Å²) in [5, 5.41) is 4.48. The summed E-state index contributed by atoms with van der Waals surface area (Å²) in [6.45, 7) is 0. The molecule has 2 rings (SSSR count). The number of nitrogens with two attached hydrogens (primary N) is 1. The summed E-state index contributed by atoms with van der Waals surface area (Å²) in [5.41, 5.74) is 10.2. The molecule has 0 spiro atoms. The van der Waals surface area contributed by atoms with E-state index in [-0.39, 0.29) is 18.4 Å². The first kappa shape index (κ1) is 18.1. The third-order valence-corrected chi connectivity index (χ3v) is 3.85. The lowest BCUT2D eigenvalue weighted by Crippen LogP contribution is -2.41. The molecule has 2 heterocycles. The summed E-state index contributed by atoms with van der Waals surface area (Å²) in [6.07, 6.45) is 2.64. The Morgan fingerprint density at radius 1 is 1.00 bits per heavy atom. The van der Waals surface area contributed by atoms with Crippen molar-refractivity contribution in [2.75, 3.05) is 5.32 Å². The third kappa shape index (κ3) is 5.39. The van der Waals surface area contributed by atoms with Gasteiger partial charge in [0.2, 0.25) is 11.8 Å². The van der Waals surface area contributed by atoms with E-state index in [0.717, 1.165) is 11.3 Å². The quantitative estimate of drug-likeness (QED) is 0.551. The lowest BCUT2D eigenvalue weighted by Gasteiger charge is -2.07. The molecule has 0 radical (unpaired) electrons. The van der Waals surface area contributed by atoms with Crippen molar-refractivity contribution >= 4 is 40.0 Å². The lowest BCUT2D eigenvalue weighted by molar-refractivity contribution is -0.124. The first-order chi connectivity index (χ1) is 12.0. The molecule has 4 amide bonds. The van der Waals surface area contributed by atoms with E-state index in [0.29, 0.717) is 10.6 Å². The number of thiophene rings is 1. The number of nitrogens with one attached hydrogen (secondary N) is 3. The van der Waals surface area contributed by atoms with Gasteiger partial charge in [-0.1, -0.05) is 0 Å². The second kappa shape index (κ2) is 8.55. The number of hydrogen-bond donors (Lipinski definition) is 4. The van der Waals surface area contributed by atoms with Crippen molar-refractivity contribution in [2.45, 2.75) is 12.8 Å². The van der Waals surface area contributed by atoms with Crippen LogP contribution in [0.4, 0.5) is 5.00 Å². The Morgan fingerprint density at radius 3 is 2.36 bits per heavy atom. The minimum atomic E-state index is -0.645. The van der Waals surface area contributed by atoms with Crippen molar-refractivity contribution < 1.29 is 19.2 Å². The van der Waals surface area contributed by atoms with E-state index in [2.05, 4.69) is 21.2 Å². The normalized spacial score (nSPS) is 9.92. The first-order valence-corrected chi connectivity index (χ1v) is 8.01. The van der Waals surface area contributed by atoms with E-state index < -0.39 is 23.6 Å². The molecule has 0 bridgehead atoms. The van der Waals surface area contributed by atoms with Crippen LogP contribution in [0.25, 0.3) is 0 Å². The van der Waals surface area contributed by atoms with Gasteiger partial charge < -0.3 is 11.1 Å². The summed E-state index contributed by atoms with van der Waals surface area (Å²) in [7, 11) is 0. The molecular weight excluding hydrogens is 346 g/mol. The van der Waals surface area contributed by atoms with Gasteiger partial charge in [0, 0.05) is 30.8 Å². The maximum atomic E-state index is 11.8. The van der Waals surface area contributed by atoms with Gasteiger partial charge in [-0.25, -0.2) is 0 Å². The highest BCUT2D eigenvalue weighted by molar-refractivity contribution is 7.14. The van der Waals surface area contributed by atoms with Crippen molar-refractivity contribution in [3.05, 3.63) is 47.1 Å². The molecule has 25 heavy (non-hydrogen) atoms. The van der Waals surface area contributed by atoms with Gasteiger partial charge in [0.25, 0.3) is 11.8 Å². The van der Waals surface area contributed by atoms with Crippen LogP contribution in [0.3, 0.4) is 0 Å². The van der Waals surface area contributed by atoms with E-state index in [1.165, 1.54) is 30.6 Å². The van der Waals surface area contributed by atoms with Crippen molar-refractivity contribution in [2.24, 2.45) is 5.73 Å². The standard InChI is InChI=1S/C15H15N5O4S/c16-13(23)10-5-8-25-15(10)18-11(21)1-2-12(22)19-20-14(24)9-3-6-17-7-4-9/h3-8H,1-2H2,(H2,16,23)(H,18,21)(H,19,22)(H,20,24). The topological polar surface area (TPSA) is 143 Å². The van der Waals surface area contributed by atoms with E-state index >= 15 is 0 Å². The van der Waals surface area contributed by atoms with Crippen LogP contribution in [0.1, 0.15) is 33.6 Å². The Morgan fingerprint density at radius 2 is 1.68 bits per heavy atom. The number of nitrogens with zero attached hydrogens (tertiary/aromatic N) is 1. The molecule has 0 aromatic carbocycles. The summed E-state index contributed by atoms with van der Waals surface area (Å²) in [6, 6.07) is 4.49. The Labute approximate surface area is 146 Å². The molecule has 2 aromatic rings. The van der Waals surface area contributed by atoms with Crippen molar-refractivity contribution in [3.63, 3.8) is 0 Å². The predicted octanol–water partition coefficient (Wildman–Crippen LogP) is 0.422. The van der Waals surface area contributed by atoms with Gasteiger partial charge in [0.15, 0.2) is 0 Å². The van der Waals surface area contributed by atoms with Crippen LogP contribution in [-0.4, -0.2) is 28.6 Å². The average Bonchev–Trinajstić information content (AvgIpc) is 3.07. The molecule has 10 heteroatoms. The molecule has 2 aromatic heterocycles. The number of hydrogen-bond acceptors (Lipinski definition) is 6. The van der Waals surface area contributed by atoms with E-state index in [1.807, 2.05) is 0 Å². The monoisotopic (exact) mass is 361 g/mol. The number of carbonyl (C=O) groups excluding carboxylic acids is 4. The summed E-state index contributed by atoms with van der Waals surface area (Å²) >= 11 is 1.16. The number of carbonyl (C=O) groups is 4. The number of aromatic nitrogens is 1. The van der Waals surface area contributed by atoms with Gasteiger partial charge in [-0.3, -0.25) is 35.0 Å². The highest BCUT2D eigenvalue weighted by Crippen LogP contribution is 2.22. The maximum Gasteiger partial charge on any atom is 0.269 e. The smallest absolute Gasteiger partial charge is 0.269 e. The fourth-order valence-electron chi connectivity index (χ4n) is 1.78. The summed E-state index contributed by atoms with van der Waals surface area (Å²) in [4.78, 5) is 50.2. The zero-order valence-corrected chi connectivity index (χ0v) is 13.8. The molecule has 0 atom stereocenters. The van der Waals surface area contributed by atoms with E-state index in [4.69, 9.17) is 5.73 Å². The fourth-order valence-corrected chi connectivity index (χ4v) is 2.59. The Hall–Kier alpha value is -3.27. The number of rotatable bonds is 6. The number of anilines is 1. The molecule has 0 saturated carbocycles. The second-order valence-corrected chi connectivity index (χ2v) is 5.73. The molecule has 0 unspecified atom stereocenters. The highest BCUT2D eigenvalue weighted by atomic mass is 32.1. The SMILES string of the molecule is NC(=O)c1ccsc1NC(=O)CCC(=O)NNC(=O)c1ccncc1. The molecule has 0 fully saturated rings. The van der Waals surface area contributed by atoms with Crippen LogP contribution in [0.5, 0.6) is 0 Å². The number of amides is 4. The van der Waals surface area contributed by atoms with Gasteiger partial charge >= 0.3 is 0 Å². The van der Waals surface area contributed by atoms with Crippen molar-refractivity contribution in [1.29, 1.82) is 0 Å². The number of pyridine rings is 1. The largest absolute Gasteiger partial charge is 0.366 e. The fraction of sp³-hybridized carbons (Fsp3) is 0.133.